The highest BCUT2D eigenvalue weighted by molar-refractivity contribution is 7.39. The minimum Gasteiger partial charge on any atom is -0.424 e. The van der Waals surface area contributed by atoms with Gasteiger partial charge in [-0.3, -0.25) is 9.36 Å². The average molecular weight is 498 g/mol. The van der Waals surface area contributed by atoms with Crippen LogP contribution in [0.4, 0.5) is 4.39 Å². The second-order valence-electron chi connectivity index (χ2n) is 8.92. The van der Waals surface area contributed by atoms with Gasteiger partial charge in [-0.2, -0.15) is 0 Å². The number of aliphatic hydroxyl groups is 1. The van der Waals surface area contributed by atoms with Gasteiger partial charge in [-0.15, -0.1) is 0 Å². The number of pyridine rings is 1. The van der Waals surface area contributed by atoms with Crippen molar-refractivity contribution in [2.75, 3.05) is 0 Å². The van der Waals surface area contributed by atoms with Gasteiger partial charge in [0.25, 0.3) is 0 Å². The predicted octanol–water partition coefficient (Wildman–Crippen LogP) is 5.64. The zero-order chi connectivity index (χ0) is 25.1. The number of carbonyl (C=O) groups excluding carboxylic acids is 1. The first-order chi connectivity index (χ1) is 16.8. The summed E-state index contributed by atoms with van der Waals surface area (Å²) in [7, 11) is -3.00. The molecule has 2 N–H and O–H groups in total. The number of ether oxygens (including phenoxy) is 1. The molecule has 184 valence electrons. The van der Waals surface area contributed by atoms with Crippen LogP contribution >= 0.6 is 8.03 Å². The standard InChI is InChI=1S/C27H29FNO5P/c1-3-22(35(32)33)21(30)15-23(31)34-27-24(17-11-13-20(28)14-12-17)16(2)25(18-7-5-4-6-8-18)29-26(27)19-9-10-19/h4-8,11-14,19,21-22,30,35H,3,9-10,15H2,1-2H3,(H,32,33). The fourth-order valence-electron chi connectivity index (χ4n) is 4.33. The zero-order valence-corrected chi connectivity index (χ0v) is 20.7. The van der Waals surface area contributed by atoms with Crippen molar-refractivity contribution in [1.82, 2.24) is 4.98 Å². The summed E-state index contributed by atoms with van der Waals surface area (Å²) < 4.78 is 31.2. The fourth-order valence-corrected chi connectivity index (χ4v) is 5.13. The molecule has 3 unspecified atom stereocenters. The highest BCUT2D eigenvalue weighted by Gasteiger charge is 2.34. The van der Waals surface area contributed by atoms with Crippen LogP contribution in [0, 0.1) is 12.7 Å². The fraction of sp³-hybridized carbons (Fsp3) is 0.333. The van der Waals surface area contributed by atoms with Gasteiger partial charge in [0, 0.05) is 17.0 Å². The van der Waals surface area contributed by atoms with E-state index in [-0.39, 0.29) is 18.2 Å². The van der Waals surface area contributed by atoms with Gasteiger partial charge in [-0.05, 0) is 49.4 Å². The number of carbonyl (C=O) groups is 1. The summed E-state index contributed by atoms with van der Waals surface area (Å²) in [4.78, 5) is 27.3. The lowest BCUT2D eigenvalue weighted by Gasteiger charge is -2.21. The van der Waals surface area contributed by atoms with Crippen molar-refractivity contribution < 1.29 is 28.5 Å². The number of halogens is 1. The van der Waals surface area contributed by atoms with E-state index in [1.807, 2.05) is 37.3 Å². The maximum atomic E-state index is 13.7. The Morgan fingerprint density at radius 1 is 1.14 bits per heavy atom. The van der Waals surface area contributed by atoms with Crippen LogP contribution in [-0.4, -0.2) is 32.7 Å². The molecule has 3 atom stereocenters. The van der Waals surface area contributed by atoms with E-state index < -0.39 is 32.2 Å². The molecule has 0 spiro atoms. The van der Waals surface area contributed by atoms with Crippen LogP contribution in [0.15, 0.2) is 54.6 Å². The molecule has 1 heterocycles. The molecule has 1 saturated carbocycles. The zero-order valence-electron chi connectivity index (χ0n) is 19.7. The van der Waals surface area contributed by atoms with Gasteiger partial charge in [0.05, 0.1) is 29.6 Å². The first-order valence-corrected chi connectivity index (χ1v) is 13.2. The van der Waals surface area contributed by atoms with E-state index in [1.165, 1.54) is 12.1 Å². The second-order valence-corrected chi connectivity index (χ2v) is 10.3. The number of rotatable bonds is 9. The molecule has 35 heavy (non-hydrogen) atoms. The van der Waals surface area contributed by atoms with Gasteiger partial charge < -0.3 is 14.7 Å². The van der Waals surface area contributed by atoms with Crippen molar-refractivity contribution in [3.8, 4) is 28.1 Å². The molecular weight excluding hydrogens is 468 g/mol. The van der Waals surface area contributed by atoms with Crippen molar-refractivity contribution in [3.05, 3.63) is 71.7 Å². The molecule has 1 aromatic heterocycles. The Kier molecular flexibility index (Phi) is 7.80. The number of hydrogen-bond acceptors (Lipinski definition) is 5. The van der Waals surface area contributed by atoms with Crippen LogP contribution in [0.3, 0.4) is 0 Å². The van der Waals surface area contributed by atoms with E-state index in [1.54, 1.807) is 19.1 Å². The molecule has 1 aliphatic carbocycles. The molecule has 0 saturated heterocycles. The summed E-state index contributed by atoms with van der Waals surface area (Å²) in [5, 5.41) is 10.4. The molecule has 0 bridgehead atoms. The van der Waals surface area contributed by atoms with Gasteiger partial charge >= 0.3 is 5.97 Å². The Bertz CT molecular complexity index is 1230. The van der Waals surface area contributed by atoms with E-state index >= 15 is 0 Å². The molecule has 0 radical (unpaired) electrons. The first kappa shape index (κ1) is 25.2. The summed E-state index contributed by atoms with van der Waals surface area (Å²) in [6.07, 6.45) is 0.376. The topological polar surface area (TPSA) is 96.7 Å². The summed E-state index contributed by atoms with van der Waals surface area (Å²) in [5.41, 5.74) is 3.56. The number of benzene rings is 2. The van der Waals surface area contributed by atoms with Crippen molar-refractivity contribution >= 4 is 14.0 Å². The molecule has 0 aliphatic heterocycles. The van der Waals surface area contributed by atoms with Crippen molar-refractivity contribution in [2.24, 2.45) is 0 Å². The molecular formula is C27H29FNO5P. The highest BCUT2D eigenvalue weighted by atomic mass is 31.1. The summed E-state index contributed by atoms with van der Waals surface area (Å²) in [5.74, 6) is -0.656. The summed E-state index contributed by atoms with van der Waals surface area (Å²) in [6, 6.07) is 15.7. The van der Waals surface area contributed by atoms with Crippen LogP contribution in [-0.2, 0) is 9.36 Å². The van der Waals surface area contributed by atoms with Crippen LogP contribution in [0.25, 0.3) is 22.4 Å². The second kappa shape index (κ2) is 10.8. The largest absolute Gasteiger partial charge is 0.424 e. The number of aromatic nitrogens is 1. The average Bonchev–Trinajstić information content (AvgIpc) is 3.66. The monoisotopic (exact) mass is 497 g/mol. The van der Waals surface area contributed by atoms with Crippen molar-refractivity contribution in [3.63, 3.8) is 0 Å². The lowest BCUT2D eigenvalue weighted by Crippen LogP contribution is -2.27. The van der Waals surface area contributed by atoms with Crippen LogP contribution < -0.4 is 4.74 Å². The Balaban J connectivity index is 1.81. The van der Waals surface area contributed by atoms with E-state index in [9.17, 15) is 23.7 Å². The van der Waals surface area contributed by atoms with Gasteiger partial charge in [-0.1, -0.05) is 49.4 Å². The third-order valence-electron chi connectivity index (χ3n) is 6.38. The Morgan fingerprint density at radius 3 is 2.37 bits per heavy atom. The third-order valence-corrected chi connectivity index (χ3v) is 7.81. The van der Waals surface area contributed by atoms with Gasteiger partial charge in [-0.25, -0.2) is 9.37 Å². The number of hydrogen-bond donors (Lipinski definition) is 2. The van der Waals surface area contributed by atoms with Crippen molar-refractivity contribution in [1.29, 1.82) is 0 Å². The minimum absolute atomic E-state index is 0.127. The molecule has 8 heteroatoms. The number of esters is 1. The Hall–Kier alpha value is -2.86. The van der Waals surface area contributed by atoms with E-state index in [0.717, 1.165) is 29.7 Å². The molecule has 6 nitrogen and oxygen atoms in total. The smallest absolute Gasteiger partial charge is 0.313 e. The summed E-state index contributed by atoms with van der Waals surface area (Å²) >= 11 is 0. The van der Waals surface area contributed by atoms with E-state index in [2.05, 4.69) is 0 Å². The molecule has 1 fully saturated rings. The lowest BCUT2D eigenvalue weighted by atomic mass is 9.94. The van der Waals surface area contributed by atoms with Crippen LogP contribution in [0.1, 0.15) is 49.8 Å². The van der Waals surface area contributed by atoms with E-state index in [4.69, 9.17) is 9.72 Å². The van der Waals surface area contributed by atoms with Gasteiger partial charge in [0.2, 0.25) is 0 Å². The Morgan fingerprint density at radius 2 is 1.80 bits per heavy atom. The predicted molar refractivity (Wildman–Crippen MR) is 133 cm³/mol. The summed E-state index contributed by atoms with van der Waals surface area (Å²) in [6.45, 7) is 3.58. The molecule has 4 rings (SSSR count). The maximum Gasteiger partial charge on any atom is 0.313 e. The van der Waals surface area contributed by atoms with Gasteiger partial charge in [0.15, 0.2) is 13.8 Å². The maximum absolute atomic E-state index is 13.7. The number of nitrogens with zero attached hydrogens (tertiary/aromatic N) is 1. The third kappa shape index (κ3) is 5.69. The lowest BCUT2D eigenvalue weighted by molar-refractivity contribution is -0.136. The van der Waals surface area contributed by atoms with Crippen LogP contribution in [0.5, 0.6) is 5.75 Å². The number of aliphatic hydroxyl groups excluding tert-OH is 1. The SMILES string of the molecule is CCC(C(O)CC(=O)Oc1c(C2CC2)nc(-c2ccccc2)c(C)c1-c1ccc(F)cc1)[PH](=O)O. The van der Waals surface area contributed by atoms with Gasteiger partial charge in [0.1, 0.15) is 5.82 Å². The molecule has 3 aromatic rings. The molecule has 1 aliphatic rings. The first-order valence-electron chi connectivity index (χ1n) is 11.8. The van der Waals surface area contributed by atoms with E-state index in [0.29, 0.717) is 22.6 Å². The normalized spacial score (nSPS) is 15.9. The molecule has 2 aromatic carbocycles. The van der Waals surface area contributed by atoms with Crippen LogP contribution in [0.2, 0.25) is 0 Å². The quantitative estimate of drug-likeness (QED) is 0.293. The molecule has 0 amide bonds. The Labute approximate surface area is 204 Å². The minimum atomic E-state index is -3.00. The van der Waals surface area contributed by atoms with Crippen molar-refractivity contribution in [2.45, 2.75) is 57.2 Å². The highest BCUT2D eigenvalue weighted by Crippen LogP contribution is 2.49.